The highest BCUT2D eigenvalue weighted by Gasteiger charge is 2.20. The SMILES string of the molecule is NC1=NC(=O)/C(=C/c2ccccc2OCC(=O)Nc2ccc(Cl)c(Cl)c2)S1. The van der Waals surface area contributed by atoms with E-state index < -0.39 is 5.91 Å². The summed E-state index contributed by atoms with van der Waals surface area (Å²) < 4.78 is 5.59. The lowest BCUT2D eigenvalue weighted by atomic mass is 10.2. The molecule has 2 aromatic rings. The van der Waals surface area contributed by atoms with E-state index in [1.165, 1.54) is 0 Å². The molecule has 0 aliphatic carbocycles. The van der Waals surface area contributed by atoms with Crippen LogP contribution in [0.15, 0.2) is 52.4 Å². The topological polar surface area (TPSA) is 93.8 Å². The molecule has 0 aromatic heterocycles. The summed E-state index contributed by atoms with van der Waals surface area (Å²) in [7, 11) is 0. The van der Waals surface area contributed by atoms with Gasteiger partial charge in [-0.05, 0) is 42.1 Å². The van der Waals surface area contributed by atoms with E-state index >= 15 is 0 Å². The Morgan fingerprint density at radius 2 is 2.00 bits per heavy atom. The van der Waals surface area contributed by atoms with Gasteiger partial charge >= 0.3 is 0 Å². The molecule has 0 unspecified atom stereocenters. The van der Waals surface area contributed by atoms with E-state index in [1.807, 2.05) is 0 Å². The molecule has 0 atom stereocenters. The molecule has 1 heterocycles. The van der Waals surface area contributed by atoms with Gasteiger partial charge in [0.25, 0.3) is 11.8 Å². The Balaban J connectivity index is 1.66. The fraction of sp³-hybridized carbons (Fsp3) is 0.0556. The number of amidine groups is 1. The molecule has 0 saturated heterocycles. The largest absolute Gasteiger partial charge is 0.483 e. The molecule has 27 heavy (non-hydrogen) atoms. The highest BCUT2D eigenvalue weighted by atomic mass is 35.5. The maximum absolute atomic E-state index is 12.1. The number of aliphatic imine (C=N–C) groups is 1. The Morgan fingerprint density at radius 3 is 2.70 bits per heavy atom. The minimum absolute atomic E-state index is 0.200. The average molecular weight is 422 g/mol. The van der Waals surface area contributed by atoms with Crippen molar-refractivity contribution in [2.75, 3.05) is 11.9 Å². The number of carbonyl (C=O) groups excluding carboxylic acids is 2. The molecule has 0 bridgehead atoms. The van der Waals surface area contributed by atoms with Crippen LogP contribution in [0.5, 0.6) is 5.75 Å². The molecule has 6 nitrogen and oxygen atoms in total. The quantitative estimate of drug-likeness (QED) is 0.712. The Morgan fingerprint density at radius 1 is 1.22 bits per heavy atom. The van der Waals surface area contributed by atoms with Crippen LogP contribution in [0.25, 0.3) is 6.08 Å². The predicted octanol–water partition coefficient (Wildman–Crippen LogP) is 3.94. The first-order valence-corrected chi connectivity index (χ1v) is 9.24. The summed E-state index contributed by atoms with van der Waals surface area (Å²) in [5.41, 5.74) is 6.70. The number of hydrogen-bond acceptors (Lipinski definition) is 5. The van der Waals surface area contributed by atoms with Crippen molar-refractivity contribution in [3.05, 3.63) is 63.0 Å². The molecular weight excluding hydrogens is 409 g/mol. The van der Waals surface area contributed by atoms with Crippen molar-refractivity contribution in [3.63, 3.8) is 0 Å². The number of nitrogens with one attached hydrogen (secondary N) is 1. The lowest BCUT2D eigenvalue weighted by molar-refractivity contribution is -0.118. The van der Waals surface area contributed by atoms with Gasteiger partial charge in [-0.3, -0.25) is 9.59 Å². The van der Waals surface area contributed by atoms with Crippen LogP contribution in [0.4, 0.5) is 5.69 Å². The molecule has 9 heteroatoms. The predicted molar refractivity (Wildman–Crippen MR) is 109 cm³/mol. The molecule has 1 aliphatic rings. The van der Waals surface area contributed by atoms with Gasteiger partial charge in [-0.2, -0.15) is 4.99 Å². The van der Waals surface area contributed by atoms with Gasteiger partial charge in [-0.1, -0.05) is 41.4 Å². The normalized spacial score (nSPS) is 15.0. The molecule has 2 aromatic carbocycles. The zero-order chi connectivity index (χ0) is 19.4. The van der Waals surface area contributed by atoms with Crippen molar-refractivity contribution in [1.29, 1.82) is 0 Å². The van der Waals surface area contributed by atoms with Gasteiger partial charge < -0.3 is 15.8 Å². The van der Waals surface area contributed by atoms with Crippen LogP contribution in [0.2, 0.25) is 10.0 Å². The second-order valence-electron chi connectivity index (χ2n) is 5.37. The van der Waals surface area contributed by atoms with Crippen LogP contribution in [0.3, 0.4) is 0 Å². The summed E-state index contributed by atoms with van der Waals surface area (Å²) >= 11 is 12.9. The number of anilines is 1. The maximum atomic E-state index is 12.1. The summed E-state index contributed by atoms with van der Waals surface area (Å²) in [4.78, 5) is 27.9. The third-order valence-corrected chi connectivity index (χ3v) is 4.96. The first kappa shape index (κ1) is 19.3. The number of para-hydroxylation sites is 1. The highest BCUT2D eigenvalue weighted by molar-refractivity contribution is 8.18. The van der Waals surface area contributed by atoms with E-state index in [-0.39, 0.29) is 17.7 Å². The van der Waals surface area contributed by atoms with E-state index in [0.29, 0.717) is 32.0 Å². The van der Waals surface area contributed by atoms with E-state index in [2.05, 4.69) is 10.3 Å². The fourth-order valence-electron chi connectivity index (χ4n) is 2.21. The lowest BCUT2D eigenvalue weighted by Gasteiger charge is -2.10. The highest BCUT2D eigenvalue weighted by Crippen LogP contribution is 2.29. The number of hydrogen-bond donors (Lipinski definition) is 2. The van der Waals surface area contributed by atoms with Gasteiger partial charge in [0.1, 0.15) is 5.75 Å². The van der Waals surface area contributed by atoms with Crippen LogP contribution >= 0.6 is 35.0 Å². The zero-order valence-corrected chi connectivity index (χ0v) is 16.1. The Hall–Kier alpha value is -2.48. The Kier molecular flexibility index (Phi) is 6.05. The van der Waals surface area contributed by atoms with E-state index in [1.54, 1.807) is 48.5 Å². The first-order chi connectivity index (χ1) is 12.9. The van der Waals surface area contributed by atoms with Crippen molar-refractivity contribution in [2.45, 2.75) is 0 Å². The van der Waals surface area contributed by atoms with Crippen LogP contribution in [-0.2, 0) is 9.59 Å². The minimum atomic E-state index is -0.398. The molecular formula is C18H13Cl2N3O3S. The summed E-state index contributed by atoms with van der Waals surface area (Å²) in [6.45, 7) is -0.222. The number of halogens is 2. The van der Waals surface area contributed by atoms with Crippen LogP contribution in [-0.4, -0.2) is 23.6 Å². The number of amides is 2. The third kappa shape index (κ3) is 5.03. The first-order valence-electron chi connectivity index (χ1n) is 7.67. The van der Waals surface area contributed by atoms with Gasteiger partial charge in [-0.25, -0.2) is 0 Å². The molecule has 0 saturated carbocycles. The summed E-state index contributed by atoms with van der Waals surface area (Å²) in [5, 5.41) is 3.61. The van der Waals surface area contributed by atoms with Gasteiger partial charge in [-0.15, -0.1) is 0 Å². The Labute approximate surface area is 169 Å². The van der Waals surface area contributed by atoms with Gasteiger partial charge in [0.2, 0.25) is 0 Å². The van der Waals surface area contributed by atoms with Crippen molar-refractivity contribution in [1.82, 2.24) is 0 Å². The smallest absolute Gasteiger partial charge is 0.286 e. The average Bonchev–Trinajstić information content (AvgIpc) is 2.94. The number of thioether (sulfide) groups is 1. The number of carbonyl (C=O) groups is 2. The fourth-order valence-corrected chi connectivity index (χ4v) is 3.18. The molecule has 0 fully saturated rings. The molecule has 3 N–H and O–H groups in total. The van der Waals surface area contributed by atoms with Gasteiger partial charge in [0, 0.05) is 11.3 Å². The molecule has 138 valence electrons. The number of ether oxygens (including phenoxy) is 1. The van der Waals surface area contributed by atoms with E-state index in [0.717, 1.165) is 11.8 Å². The molecule has 1 aliphatic heterocycles. The number of nitrogens with two attached hydrogens (primary N) is 1. The van der Waals surface area contributed by atoms with E-state index in [9.17, 15) is 9.59 Å². The number of nitrogens with zero attached hydrogens (tertiary/aromatic N) is 1. The molecule has 0 radical (unpaired) electrons. The summed E-state index contributed by atoms with van der Waals surface area (Å²) in [6.07, 6.45) is 1.63. The Bertz CT molecular complexity index is 976. The van der Waals surface area contributed by atoms with Crippen molar-refractivity contribution in [3.8, 4) is 5.75 Å². The van der Waals surface area contributed by atoms with Crippen molar-refractivity contribution < 1.29 is 14.3 Å². The second-order valence-corrected chi connectivity index (χ2v) is 7.25. The van der Waals surface area contributed by atoms with Crippen LogP contribution in [0, 0.1) is 0 Å². The summed E-state index contributed by atoms with van der Waals surface area (Å²) in [6, 6.07) is 11.8. The zero-order valence-electron chi connectivity index (χ0n) is 13.7. The number of benzene rings is 2. The second kappa shape index (κ2) is 8.47. The number of rotatable bonds is 5. The maximum Gasteiger partial charge on any atom is 0.286 e. The summed E-state index contributed by atoms with van der Waals surface area (Å²) in [5.74, 6) is -0.312. The monoisotopic (exact) mass is 421 g/mol. The van der Waals surface area contributed by atoms with Crippen molar-refractivity contribution >= 4 is 63.7 Å². The molecule has 0 spiro atoms. The standard InChI is InChI=1S/C18H13Cl2N3O3S/c19-12-6-5-11(8-13(12)20)22-16(24)9-26-14-4-2-1-3-10(14)7-15-17(25)23-18(21)27-15/h1-8H,9H2,(H,22,24)(H2,21,23,25)/b15-7-. The van der Waals surface area contributed by atoms with Crippen LogP contribution < -0.4 is 15.8 Å². The van der Waals surface area contributed by atoms with Crippen LogP contribution in [0.1, 0.15) is 5.56 Å². The molecule has 2 amide bonds. The van der Waals surface area contributed by atoms with Gasteiger partial charge in [0.05, 0.1) is 15.0 Å². The lowest BCUT2D eigenvalue weighted by Crippen LogP contribution is -2.20. The minimum Gasteiger partial charge on any atom is -0.483 e. The van der Waals surface area contributed by atoms with Crippen molar-refractivity contribution in [2.24, 2.45) is 10.7 Å². The molecule has 3 rings (SSSR count). The van der Waals surface area contributed by atoms with Gasteiger partial charge in [0.15, 0.2) is 11.8 Å². The van der Waals surface area contributed by atoms with E-state index in [4.69, 9.17) is 33.7 Å². The third-order valence-electron chi connectivity index (χ3n) is 3.40.